The summed E-state index contributed by atoms with van der Waals surface area (Å²) in [6.45, 7) is 1.22. The number of hydrogen-bond acceptors (Lipinski definition) is 5. The first kappa shape index (κ1) is 24.5. The number of fused-ring (bicyclic) bond motifs is 1. The lowest BCUT2D eigenvalue weighted by atomic mass is 10.0. The number of alkyl halides is 4. The van der Waals surface area contributed by atoms with E-state index < -0.39 is 44.5 Å². The second-order valence-corrected chi connectivity index (χ2v) is 12.4. The molecule has 0 saturated carbocycles. The average molecular weight is 573 g/mol. The molecule has 7 nitrogen and oxygen atoms in total. The van der Waals surface area contributed by atoms with E-state index >= 15 is 0 Å². The van der Waals surface area contributed by atoms with Crippen LogP contribution in [0.5, 0.6) is 0 Å². The molecule has 1 saturated heterocycles. The molecular formula is C19H18BrCl3N2O5S. The van der Waals surface area contributed by atoms with Gasteiger partial charge in [-0.1, -0.05) is 81.1 Å². The molecule has 168 valence electrons. The highest BCUT2D eigenvalue weighted by atomic mass is 79.9. The molecule has 2 heterocycles. The Balaban J connectivity index is 1.79. The molecule has 2 aliphatic rings. The van der Waals surface area contributed by atoms with Crippen LogP contribution in [0.2, 0.25) is 0 Å². The molecule has 3 rings (SSSR count). The quantitative estimate of drug-likeness (QED) is 0.322. The maximum absolute atomic E-state index is 12.9. The van der Waals surface area contributed by atoms with Gasteiger partial charge in [0.05, 0.1) is 23.0 Å². The predicted octanol–water partition coefficient (Wildman–Crippen LogP) is 2.60. The second kappa shape index (κ2) is 9.79. The molecule has 1 fully saturated rings. The number of carbonyl (C=O) groups is 3. The number of nitrogens with one attached hydrogen (secondary N) is 1. The number of nitrogens with zero attached hydrogens (tertiary/aromatic N) is 1. The van der Waals surface area contributed by atoms with Crippen molar-refractivity contribution in [1.82, 2.24) is 10.2 Å². The van der Waals surface area contributed by atoms with E-state index in [1.807, 2.05) is 6.07 Å². The number of hydrogen-bond donors (Lipinski definition) is 1. The topological polar surface area (TPSA) is 92.8 Å². The number of ether oxygens (including phenoxy) is 1. The maximum atomic E-state index is 12.9. The van der Waals surface area contributed by atoms with Crippen molar-refractivity contribution in [3.63, 3.8) is 0 Å². The molecule has 2 aliphatic heterocycles. The summed E-state index contributed by atoms with van der Waals surface area (Å²) < 4.78 is 16.1. The molecule has 3 unspecified atom stereocenters. The lowest BCUT2D eigenvalue weighted by molar-refractivity contribution is -0.153. The first-order chi connectivity index (χ1) is 14.5. The van der Waals surface area contributed by atoms with Gasteiger partial charge in [-0.05, 0) is 18.1 Å². The molecule has 0 spiro atoms. The Hall–Kier alpha value is -1.13. The molecule has 0 bridgehead atoms. The normalized spacial score (nSPS) is 24.2. The molecule has 0 radical (unpaired) electrons. The van der Waals surface area contributed by atoms with Crippen LogP contribution in [0.15, 0.2) is 41.6 Å². The third-order valence-electron chi connectivity index (χ3n) is 4.72. The minimum absolute atomic E-state index is 0.0319. The number of esters is 1. The van der Waals surface area contributed by atoms with Crippen molar-refractivity contribution in [2.75, 3.05) is 12.4 Å². The van der Waals surface area contributed by atoms with Crippen molar-refractivity contribution in [2.45, 2.75) is 33.4 Å². The van der Waals surface area contributed by atoms with Gasteiger partial charge >= 0.3 is 5.97 Å². The Bertz CT molecular complexity index is 952. The van der Waals surface area contributed by atoms with Gasteiger partial charge in [0.15, 0.2) is 0 Å². The molecule has 2 amide bonds. The van der Waals surface area contributed by atoms with Crippen LogP contribution in [-0.4, -0.2) is 59.3 Å². The Morgan fingerprint density at radius 3 is 2.55 bits per heavy atom. The smallest absolute Gasteiger partial charge is 0.355 e. The maximum Gasteiger partial charge on any atom is 0.355 e. The summed E-state index contributed by atoms with van der Waals surface area (Å²) in [7, 11) is -1.53. The van der Waals surface area contributed by atoms with E-state index in [0.29, 0.717) is 5.57 Å². The molecule has 0 aromatic heterocycles. The molecule has 1 aromatic carbocycles. The number of halogens is 4. The van der Waals surface area contributed by atoms with Crippen LogP contribution in [0, 0.1) is 0 Å². The third kappa shape index (κ3) is 5.63. The molecule has 12 heteroatoms. The van der Waals surface area contributed by atoms with Crippen LogP contribution >= 0.6 is 50.7 Å². The van der Waals surface area contributed by atoms with Crippen LogP contribution in [0.3, 0.4) is 0 Å². The summed E-state index contributed by atoms with van der Waals surface area (Å²) in [5, 5.41) is 1.75. The Morgan fingerprint density at radius 2 is 1.97 bits per heavy atom. The van der Waals surface area contributed by atoms with Crippen LogP contribution in [-0.2, 0) is 36.3 Å². The molecule has 4 atom stereocenters. The third-order valence-corrected chi connectivity index (χ3v) is 7.22. The van der Waals surface area contributed by atoms with Gasteiger partial charge in [0, 0.05) is 4.83 Å². The standard InChI is InChI=1S/C19H18BrCl3N2O5S/c1-10(20)12-8-31(29)17-14(24-13(26)7-11-5-3-2-4-6-11)16(27)25(17)15(12)18(28)30-9-19(21,22)23/h2-6,10,14,17H,7-9H2,1H3,(H,24,26)/t10?,14?,17-,31?/m1/s1. The Labute approximate surface area is 205 Å². The summed E-state index contributed by atoms with van der Waals surface area (Å²) in [5.41, 5.74) is 1.17. The fourth-order valence-electron chi connectivity index (χ4n) is 3.32. The number of rotatable bonds is 6. The van der Waals surface area contributed by atoms with Gasteiger partial charge in [-0.2, -0.15) is 0 Å². The number of β-lactam (4-membered cyclic amide) rings is 1. The Morgan fingerprint density at radius 1 is 1.32 bits per heavy atom. The zero-order valence-corrected chi connectivity index (χ0v) is 20.8. The summed E-state index contributed by atoms with van der Waals surface area (Å²) in [6.07, 6.45) is 0.0711. The van der Waals surface area contributed by atoms with Crippen molar-refractivity contribution >= 4 is 79.3 Å². The van der Waals surface area contributed by atoms with Crippen LogP contribution < -0.4 is 5.32 Å². The summed E-state index contributed by atoms with van der Waals surface area (Å²) in [6, 6.07) is 8.02. The monoisotopic (exact) mass is 570 g/mol. The second-order valence-electron chi connectivity index (χ2n) is 7.01. The average Bonchev–Trinajstić information content (AvgIpc) is 2.69. The lowest BCUT2D eigenvalue weighted by Crippen LogP contribution is -2.74. The van der Waals surface area contributed by atoms with Crippen molar-refractivity contribution in [3.8, 4) is 0 Å². The summed E-state index contributed by atoms with van der Waals surface area (Å²) in [5.74, 6) is -1.77. The zero-order valence-electron chi connectivity index (χ0n) is 16.1. The van der Waals surface area contributed by atoms with Crippen molar-refractivity contribution in [2.24, 2.45) is 0 Å². The van der Waals surface area contributed by atoms with E-state index in [9.17, 15) is 18.6 Å². The number of amides is 2. The van der Waals surface area contributed by atoms with E-state index in [4.69, 9.17) is 39.5 Å². The van der Waals surface area contributed by atoms with Crippen molar-refractivity contribution in [1.29, 1.82) is 0 Å². The van der Waals surface area contributed by atoms with E-state index in [1.54, 1.807) is 31.2 Å². The van der Waals surface area contributed by atoms with Crippen molar-refractivity contribution < 1.29 is 23.3 Å². The minimum Gasteiger partial charge on any atom is -0.456 e. The van der Waals surface area contributed by atoms with Gasteiger partial charge in [-0.3, -0.25) is 18.7 Å². The largest absolute Gasteiger partial charge is 0.456 e. The summed E-state index contributed by atoms with van der Waals surface area (Å²) >= 11 is 20.3. The van der Waals surface area contributed by atoms with Gasteiger partial charge in [-0.15, -0.1) is 0 Å². The Kier molecular flexibility index (Phi) is 7.74. The molecule has 1 aromatic rings. The van der Waals surface area contributed by atoms with Crippen LogP contribution in [0.25, 0.3) is 0 Å². The van der Waals surface area contributed by atoms with Gasteiger partial charge in [0.1, 0.15) is 23.7 Å². The fourth-order valence-corrected chi connectivity index (χ4v) is 5.87. The SMILES string of the molecule is CC(Br)C1=C(C(=O)OCC(Cl)(Cl)Cl)N2C(=O)C(NC(=O)Cc3ccccc3)[C@H]2S(=O)C1. The van der Waals surface area contributed by atoms with Gasteiger partial charge in [-0.25, -0.2) is 4.79 Å². The molecule has 1 N–H and O–H groups in total. The van der Waals surface area contributed by atoms with Crippen LogP contribution in [0.1, 0.15) is 12.5 Å². The highest BCUT2D eigenvalue weighted by Gasteiger charge is 2.57. The number of benzene rings is 1. The molecular weight excluding hydrogens is 555 g/mol. The predicted molar refractivity (Wildman–Crippen MR) is 122 cm³/mol. The van der Waals surface area contributed by atoms with Crippen LogP contribution in [0.4, 0.5) is 0 Å². The lowest BCUT2D eigenvalue weighted by Gasteiger charge is -2.49. The summed E-state index contributed by atoms with van der Waals surface area (Å²) in [4.78, 5) is 38.7. The van der Waals surface area contributed by atoms with E-state index in [-0.39, 0.29) is 28.6 Å². The van der Waals surface area contributed by atoms with E-state index in [1.165, 1.54) is 0 Å². The van der Waals surface area contributed by atoms with Gasteiger partial charge in [0.25, 0.3) is 5.91 Å². The van der Waals surface area contributed by atoms with Gasteiger partial charge < -0.3 is 10.1 Å². The van der Waals surface area contributed by atoms with Crippen molar-refractivity contribution in [3.05, 3.63) is 47.2 Å². The fraction of sp³-hybridized carbons (Fsp3) is 0.421. The minimum atomic E-state index is -1.82. The van der Waals surface area contributed by atoms with E-state index in [2.05, 4.69) is 21.2 Å². The highest BCUT2D eigenvalue weighted by molar-refractivity contribution is 9.09. The van der Waals surface area contributed by atoms with E-state index in [0.717, 1.165) is 10.5 Å². The van der Waals surface area contributed by atoms with Gasteiger partial charge in [0.2, 0.25) is 9.70 Å². The molecule has 0 aliphatic carbocycles. The highest BCUT2D eigenvalue weighted by Crippen LogP contribution is 2.38. The first-order valence-electron chi connectivity index (χ1n) is 9.14. The zero-order chi connectivity index (χ0) is 22.9. The molecule has 31 heavy (non-hydrogen) atoms. The number of carbonyl (C=O) groups excluding carboxylic acids is 3. The first-order valence-corrected chi connectivity index (χ1v) is 12.6.